The van der Waals surface area contributed by atoms with E-state index in [9.17, 15) is 0 Å². The van der Waals surface area contributed by atoms with Crippen molar-refractivity contribution >= 4 is 0 Å². The van der Waals surface area contributed by atoms with Gasteiger partial charge in [-0.1, -0.05) is 62.3 Å². The standard InChI is InChI=1S/C13H26.C12H22/c1-10(2)11-6-8-12(9-7-11)13(3,4)5;1-8(2)10-6-5-9-7-11(10)12(9,3)4/h10-12H,6-9H2,1-5H3;8-11H,5-7H2,1-4H3/t;9-,10?,11-/m.1/s1. The first-order chi connectivity index (χ1) is 11.4. The molecule has 0 aliphatic heterocycles. The largest absolute Gasteiger partial charge is 0.0625 e. The minimum Gasteiger partial charge on any atom is -0.0625 e. The molecular weight excluding hydrogens is 300 g/mol. The third kappa shape index (κ3) is 4.84. The lowest BCUT2D eigenvalue weighted by Gasteiger charge is -2.61. The molecule has 0 heterocycles. The zero-order chi connectivity index (χ0) is 19.0. The maximum absolute atomic E-state index is 2.49. The Kier molecular flexibility index (Phi) is 6.76. The summed E-state index contributed by atoms with van der Waals surface area (Å²) in [5, 5.41) is 0. The van der Waals surface area contributed by atoms with Gasteiger partial charge in [-0.15, -0.1) is 0 Å². The van der Waals surface area contributed by atoms with Crippen molar-refractivity contribution in [1.82, 2.24) is 0 Å². The fourth-order valence-electron chi connectivity index (χ4n) is 6.32. The van der Waals surface area contributed by atoms with Gasteiger partial charge in [0.15, 0.2) is 0 Å². The average Bonchev–Trinajstić information content (AvgIpc) is 2.54. The molecule has 4 aliphatic rings. The van der Waals surface area contributed by atoms with E-state index in [1.807, 2.05) is 0 Å². The van der Waals surface area contributed by atoms with Crippen molar-refractivity contribution in [2.45, 2.75) is 107 Å². The molecule has 0 spiro atoms. The molecule has 4 rings (SSSR count). The van der Waals surface area contributed by atoms with Gasteiger partial charge in [0, 0.05) is 0 Å². The quantitative estimate of drug-likeness (QED) is 0.471. The van der Waals surface area contributed by atoms with Crippen LogP contribution in [-0.2, 0) is 0 Å². The molecule has 0 radical (unpaired) electrons. The number of hydrogen-bond acceptors (Lipinski definition) is 0. The fourth-order valence-corrected chi connectivity index (χ4v) is 6.32. The summed E-state index contributed by atoms with van der Waals surface area (Å²) in [4.78, 5) is 0. The fraction of sp³-hybridized carbons (Fsp3) is 1.00. The highest BCUT2D eigenvalue weighted by molar-refractivity contribution is 5.03. The lowest BCUT2D eigenvalue weighted by Crippen LogP contribution is -2.53. The number of rotatable bonds is 2. The number of hydrogen-bond donors (Lipinski definition) is 0. The van der Waals surface area contributed by atoms with Crippen molar-refractivity contribution < 1.29 is 0 Å². The highest BCUT2D eigenvalue weighted by Gasteiger charge is 2.54. The van der Waals surface area contributed by atoms with E-state index in [1.165, 1.54) is 44.9 Å². The Hall–Kier alpha value is 0. The van der Waals surface area contributed by atoms with Gasteiger partial charge in [0.05, 0.1) is 0 Å². The summed E-state index contributed by atoms with van der Waals surface area (Å²) in [6.45, 7) is 21.7. The molecule has 0 amide bonds. The van der Waals surface area contributed by atoms with Crippen molar-refractivity contribution in [3.05, 3.63) is 0 Å². The van der Waals surface area contributed by atoms with E-state index in [-0.39, 0.29) is 0 Å². The predicted molar refractivity (Wildman–Crippen MR) is 113 cm³/mol. The Morgan fingerprint density at radius 3 is 1.64 bits per heavy atom. The monoisotopic (exact) mass is 348 g/mol. The highest BCUT2D eigenvalue weighted by Crippen LogP contribution is 2.62. The van der Waals surface area contributed by atoms with Crippen molar-refractivity contribution in [3.8, 4) is 0 Å². The molecule has 0 heteroatoms. The van der Waals surface area contributed by atoms with Gasteiger partial charge < -0.3 is 0 Å². The van der Waals surface area contributed by atoms with E-state index >= 15 is 0 Å². The van der Waals surface area contributed by atoms with Gasteiger partial charge >= 0.3 is 0 Å². The van der Waals surface area contributed by atoms with E-state index in [2.05, 4.69) is 62.3 Å². The summed E-state index contributed by atoms with van der Waals surface area (Å²) in [6, 6.07) is 0. The van der Waals surface area contributed by atoms with Crippen LogP contribution in [0.2, 0.25) is 0 Å². The minimum atomic E-state index is 0.544. The van der Waals surface area contributed by atoms with Crippen molar-refractivity contribution in [1.29, 1.82) is 0 Å². The summed E-state index contributed by atoms with van der Waals surface area (Å²) in [5.41, 5.74) is 1.23. The van der Waals surface area contributed by atoms with Gasteiger partial charge in [-0.2, -0.15) is 0 Å². The molecule has 0 nitrogen and oxygen atoms in total. The third-order valence-corrected chi connectivity index (χ3v) is 8.71. The molecule has 3 atom stereocenters. The molecule has 0 aromatic heterocycles. The van der Waals surface area contributed by atoms with Gasteiger partial charge in [-0.3, -0.25) is 0 Å². The van der Waals surface area contributed by atoms with Gasteiger partial charge in [-0.25, -0.2) is 0 Å². The van der Waals surface area contributed by atoms with E-state index < -0.39 is 0 Å². The first kappa shape index (κ1) is 21.3. The van der Waals surface area contributed by atoms with Crippen LogP contribution >= 0.6 is 0 Å². The highest BCUT2D eigenvalue weighted by atomic mass is 14.6. The van der Waals surface area contributed by atoms with E-state index in [4.69, 9.17) is 0 Å². The summed E-state index contributed by atoms with van der Waals surface area (Å²) >= 11 is 0. The second-order valence-corrected chi connectivity index (χ2v) is 12.1. The molecule has 1 unspecified atom stereocenters. The third-order valence-electron chi connectivity index (χ3n) is 8.71. The summed E-state index contributed by atoms with van der Waals surface area (Å²) in [7, 11) is 0. The van der Waals surface area contributed by atoms with Gasteiger partial charge in [-0.05, 0) is 97.2 Å². The molecule has 4 saturated carbocycles. The Morgan fingerprint density at radius 2 is 1.32 bits per heavy atom. The topological polar surface area (TPSA) is 0 Å². The second kappa shape index (κ2) is 7.93. The predicted octanol–water partition coefficient (Wildman–Crippen LogP) is 8.21. The lowest BCUT2D eigenvalue weighted by molar-refractivity contribution is -0.117. The summed E-state index contributed by atoms with van der Waals surface area (Å²) < 4.78 is 0. The summed E-state index contributed by atoms with van der Waals surface area (Å²) in [6.07, 6.45) is 10.4. The smallest absolute Gasteiger partial charge is 0.0295 e. The molecule has 0 N–H and O–H groups in total. The second-order valence-electron chi connectivity index (χ2n) is 12.1. The van der Waals surface area contributed by atoms with Crippen molar-refractivity contribution in [2.75, 3.05) is 0 Å². The van der Waals surface area contributed by atoms with Crippen LogP contribution in [0, 0.1) is 52.3 Å². The van der Waals surface area contributed by atoms with E-state index in [1.54, 1.807) is 0 Å². The summed E-state index contributed by atoms with van der Waals surface area (Å²) in [5.74, 6) is 6.95. The Bertz CT molecular complexity index is 396. The lowest BCUT2D eigenvalue weighted by atomic mass is 9.44. The normalized spacial score (nSPS) is 37.3. The Morgan fingerprint density at radius 1 is 0.760 bits per heavy atom. The zero-order valence-electron chi connectivity index (χ0n) is 19.0. The van der Waals surface area contributed by atoms with Crippen LogP contribution in [0.25, 0.3) is 0 Å². The maximum atomic E-state index is 2.49. The Labute approximate surface area is 159 Å². The van der Waals surface area contributed by atoms with Crippen LogP contribution in [0.4, 0.5) is 0 Å². The van der Waals surface area contributed by atoms with Crippen molar-refractivity contribution in [3.63, 3.8) is 0 Å². The van der Waals surface area contributed by atoms with Gasteiger partial charge in [0.25, 0.3) is 0 Å². The van der Waals surface area contributed by atoms with Crippen LogP contribution in [0.15, 0.2) is 0 Å². The van der Waals surface area contributed by atoms with Crippen LogP contribution in [0.5, 0.6) is 0 Å². The molecule has 4 aliphatic carbocycles. The minimum absolute atomic E-state index is 0.544. The molecule has 2 bridgehead atoms. The molecule has 0 aromatic rings. The first-order valence-corrected chi connectivity index (χ1v) is 11.4. The Balaban J connectivity index is 0.000000181. The van der Waals surface area contributed by atoms with Crippen LogP contribution < -0.4 is 0 Å². The van der Waals surface area contributed by atoms with Gasteiger partial charge in [0.1, 0.15) is 0 Å². The zero-order valence-corrected chi connectivity index (χ0v) is 19.0. The molecule has 25 heavy (non-hydrogen) atoms. The van der Waals surface area contributed by atoms with Crippen LogP contribution in [0.3, 0.4) is 0 Å². The van der Waals surface area contributed by atoms with E-state index in [0.717, 1.165) is 41.4 Å². The molecule has 0 aromatic carbocycles. The molecular formula is C25H48. The molecule has 0 saturated heterocycles. The first-order valence-electron chi connectivity index (χ1n) is 11.4. The average molecular weight is 349 g/mol. The van der Waals surface area contributed by atoms with E-state index in [0.29, 0.717) is 10.8 Å². The van der Waals surface area contributed by atoms with Crippen LogP contribution in [0.1, 0.15) is 107 Å². The van der Waals surface area contributed by atoms with Crippen LogP contribution in [-0.4, -0.2) is 0 Å². The number of fused-ring (bicyclic) bond motifs is 2. The maximum Gasteiger partial charge on any atom is -0.0295 e. The van der Waals surface area contributed by atoms with Crippen molar-refractivity contribution in [2.24, 2.45) is 52.3 Å². The molecule has 4 fully saturated rings. The molecule has 148 valence electrons. The SMILES string of the molecule is CC(C)C1CCC(C(C)(C)C)CC1.CC(C)C1CC[C@@H]2C[C@H]1C2(C)C. The van der Waals surface area contributed by atoms with Gasteiger partial charge in [0.2, 0.25) is 0 Å².